The SMILES string of the molecule is CCOc1ccc(CCN(CCC(=O)O)C(=O)c2ccccc2-c2ccccc2C(=O)NCc2ccc(OC)cc2)cc1OC. The molecule has 234 valence electrons. The van der Waals surface area contributed by atoms with Gasteiger partial charge in [-0.2, -0.15) is 0 Å². The summed E-state index contributed by atoms with van der Waals surface area (Å²) in [4.78, 5) is 40.5. The highest BCUT2D eigenvalue weighted by Gasteiger charge is 2.23. The topological polar surface area (TPSA) is 114 Å². The van der Waals surface area contributed by atoms with E-state index < -0.39 is 5.97 Å². The second kappa shape index (κ2) is 16.0. The summed E-state index contributed by atoms with van der Waals surface area (Å²) in [6, 6.07) is 27.2. The predicted molar refractivity (Wildman–Crippen MR) is 172 cm³/mol. The Balaban J connectivity index is 1.58. The summed E-state index contributed by atoms with van der Waals surface area (Å²) in [7, 11) is 3.17. The highest BCUT2D eigenvalue weighted by molar-refractivity contribution is 6.06. The van der Waals surface area contributed by atoms with Crippen molar-refractivity contribution in [3.8, 4) is 28.4 Å². The maximum Gasteiger partial charge on any atom is 0.305 e. The lowest BCUT2D eigenvalue weighted by Gasteiger charge is -2.24. The van der Waals surface area contributed by atoms with Gasteiger partial charge >= 0.3 is 5.97 Å². The van der Waals surface area contributed by atoms with Crippen molar-refractivity contribution in [3.05, 3.63) is 113 Å². The van der Waals surface area contributed by atoms with E-state index in [1.807, 2.05) is 67.6 Å². The maximum absolute atomic E-state index is 14.1. The van der Waals surface area contributed by atoms with Crippen LogP contribution in [0.25, 0.3) is 11.1 Å². The first-order valence-electron chi connectivity index (χ1n) is 14.7. The summed E-state index contributed by atoms with van der Waals surface area (Å²) < 4.78 is 16.3. The van der Waals surface area contributed by atoms with Crippen LogP contribution in [0, 0.1) is 0 Å². The van der Waals surface area contributed by atoms with Crippen molar-refractivity contribution in [3.63, 3.8) is 0 Å². The van der Waals surface area contributed by atoms with Crippen LogP contribution in [0.3, 0.4) is 0 Å². The van der Waals surface area contributed by atoms with Crippen LogP contribution in [-0.4, -0.2) is 61.7 Å². The zero-order valence-electron chi connectivity index (χ0n) is 25.7. The molecule has 9 heteroatoms. The molecule has 0 aliphatic carbocycles. The van der Waals surface area contributed by atoms with E-state index in [1.165, 1.54) is 0 Å². The predicted octanol–water partition coefficient (Wildman–Crippen LogP) is 5.86. The Labute approximate surface area is 263 Å². The van der Waals surface area contributed by atoms with Gasteiger partial charge in [-0.15, -0.1) is 0 Å². The third-order valence-electron chi connectivity index (χ3n) is 7.31. The normalized spacial score (nSPS) is 10.6. The second-order valence-corrected chi connectivity index (χ2v) is 10.2. The van der Waals surface area contributed by atoms with E-state index in [-0.39, 0.29) is 31.3 Å². The van der Waals surface area contributed by atoms with E-state index in [4.69, 9.17) is 14.2 Å². The van der Waals surface area contributed by atoms with Crippen molar-refractivity contribution in [2.45, 2.75) is 26.3 Å². The molecular formula is C36H38N2O7. The van der Waals surface area contributed by atoms with Crippen molar-refractivity contribution < 1.29 is 33.7 Å². The van der Waals surface area contributed by atoms with Crippen LogP contribution in [0.1, 0.15) is 45.2 Å². The fraction of sp³-hybridized carbons (Fsp3) is 0.250. The number of amides is 2. The van der Waals surface area contributed by atoms with Gasteiger partial charge in [0.1, 0.15) is 5.75 Å². The largest absolute Gasteiger partial charge is 0.497 e. The molecule has 0 atom stereocenters. The Morgan fingerprint density at radius 3 is 2.04 bits per heavy atom. The monoisotopic (exact) mass is 610 g/mol. The molecule has 0 aliphatic heterocycles. The Bertz CT molecular complexity index is 1620. The lowest BCUT2D eigenvalue weighted by Crippen LogP contribution is -2.35. The van der Waals surface area contributed by atoms with Crippen LogP contribution < -0.4 is 19.5 Å². The van der Waals surface area contributed by atoms with Gasteiger partial charge in [0.05, 0.1) is 27.2 Å². The third-order valence-corrected chi connectivity index (χ3v) is 7.31. The lowest BCUT2D eigenvalue weighted by molar-refractivity contribution is -0.137. The Morgan fingerprint density at radius 2 is 1.40 bits per heavy atom. The number of hydrogen-bond donors (Lipinski definition) is 2. The molecular weight excluding hydrogens is 572 g/mol. The van der Waals surface area contributed by atoms with Crippen LogP contribution >= 0.6 is 0 Å². The average Bonchev–Trinajstić information content (AvgIpc) is 3.07. The minimum absolute atomic E-state index is 0.0284. The number of ether oxygens (including phenoxy) is 3. The molecule has 0 bridgehead atoms. The summed E-state index contributed by atoms with van der Waals surface area (Å²) in [5, 5.41) is 12.4. The number of nitrogens with zero attached hydrogens (tertiary/aromatic N) is 1. The van der Waals surface area contributed by atoms with E-state index >= 15 is 0 Å². The molecule has 0 saturated heterocycles. The quantitative estimate of drug-likeness (QED) is 0.173. The molecule has 45 heavy (non-hydrogen) atoms. The fourth-order valence-electron chi connectivity index (χ4n) is 4.96. The van der Waals surface area contributed by atoms with Crippen molar-refractivity contribution in [2.24, 2.45) is 0 Å². The summed E-state index contributed by atoms with van der Waals surface area (Å²) in [5.74, 6) is 0.346. The van der Waals surface area contributed by atoms with Crippen LogP contribution in [0.4, 0.5) is 0 Å². The van der Waals surface area contributed by atoms with E-state index in [1.54, 1.807) is 49.5 Å². The van der Waals surface area contributed by atoms with Crippen molar-refractivity contribution >= 4 is 17.8 Å². The van der Waals surface area contributed by atoms with Gasteiger partial charge in [0.25, 0.3) is 11.8 Å². The van der Waals surface area contributed by atoms with Gasteiger partial charge in [0.15, 0.2) is 11.5 Å². The maximum atomic E-state index is 14.1. The standard InChI is InChI=1S/C36H38N2O7/c1-4-45-32-18-15-25(23-33(32)44-3)19-21-38(22-20-34(39)40)36(42)31-12-8-6-10-29(31)28-9-5-7-11-30(28)35(41)37-24-26-13-16-27(43-2)17-14-26/h5-18,23H,4,19-22,24H2,1-3H3,(H,37,41)(H,39,40). The third kappa shape index (κ3) is 8.63. The van der Waals surface area contributed by atoms with Crippen molar-refractivity contribution in [1.29, 1.82) is 0 Å². The minimum Gasteiger partial charge on any atom is -0.497 e. The molecule has 9 nitrogen and oxygen atoms in total. The number of methoxy groups -OCH3 is 2. The van der Waals surface area contributed by atoms with Gasteiger partial charge in [-0.1, -0.05) is 54.6 Å². The van der Waals surface area contributed by atoms with Gasteiger partial charge in [0, 0.05) is 30.8 Å². The van der Waals surface area contributed by atoms with Crippen LogP contribution in [0.15, 0.2) is 91.0 Å². The molecule has 2 amide bonds. The summed E-state index contributed by atoms with van der Waals surface area (Å²) in [6.07, 6.45) is 0.269. The average molecular weight is 611 g/mol. The van der Waals surface area contributed by atoms with Crippen LogP contribution in [0.2, 0.25) is 0 Å². The lowest BCUT2D eigenvalue weighted by atomic mass is 9.94. The number of carboxylic acid groups (broad SMARTS) is 1. The Hall–Kier alpha value is -5.31. The first-order valence-corrected chi connectivity index (χ1v) is 14.7. The molecule has 4 aromatic rings. The zero-order valence-corrected chi connectivity index (χ0v) is 25.7. The summed E-state index contributed by atoms with van der Waals surface area (Å²) in [6.45, 7) is 3.02. The Morgan fingerprint density at radius 1 is 0.756 bits per heavy atom. The van der Waals surface area contributed by atoms with Crippen LogP contribution in [-0.2, 0) is 17.8 Å². The molecule has 0 unspecified atom stereocenters. The highest BCUT2D eigenvalue weighted by Crippen LogP contribution is 2.30. The molecule has 0 aromatic heterocycles. The first-order chi connectivity index (χ1) is 21.8. The van der Waals surface area contributed by atoms with Gasteiger partial charge in [-0.3, -0.25) is 14.4 Å². The molecule has 2 N–H and O–H groups in total. The Kier molecular flexibility index (Phi) is 11.6. The van der Waals surface area contributed by atoms with E-state index in [2.05, 4.69) is 5.32 Å². The molecule has 0 radical (unpaired) electrons. The van der Waals surface area contributed by atoms with Gasteiger partial charge in [-0.05, 0) is 72.0 Å². The smallest absolute Gasteiger partial charge is 0.305 e. The van der Waals surface area contributed by atoms with Crippen molar-refractivity contribution in [1.82, 2.24) is 10.2 Å². The van der Waals surface area contributed by atoms with Gasteiger partial charge in [0.2, 0.25) is 0 Å². The van der Waals surface area contributed by atoms with E-state index in [9.17, 15) is 19.5 Å². The minimum atomic E-state index is -0.998. The molecule has 0 saturated carbocycles. The number of carbonyl (C=O) groups is 3. The number of benzene rings is 4. The van der Waals surface area contributed by atoms with Gasteiger partial charge < -0.3 is 29.5 Å². The summed E-state index contributed by atoms with van der Waals surface area (Å²) in [5.41, 5.74) is 3.81. The molecule has 4 aromatic carbocycles. The molecule has 0 heterocycles. The highest BCUT2D eigenvalue weighted by atomic mass is 16.5. The molecule has 4 rings (SSSR count). The zero-order chi connectivity index (χ0) is 32.2. The number of carbonyl (C=O) groups excluding carboxylic acids is 2. The fourth-order valence-corrected chi connectivity index (χ4v) is 4.96. The number of nitrogens with one attached hydrogen (secondary N) is 1. The van der Waals surface area contributed by atoms with Gasteiger partial charge in [-0.25, -0.2) is 0 Å². The van der Waals surface area contributed by atoms with Crippen molar-refractivity contribution in [2.75, 3.05) is 33.9 Å². The number of carboxylic acids is 1. The summed E-state index contributed by atoms with van der Waals surface area (Å²) >= 11 is 0. The number of aliphatic carboxylic acids is 1. The number of rotatable bonds is 15. The first kappa shape index (κ1) is 32.6. The molecule has 0 aliphatic rings. The molecule has 0 spiro atoms. The second-order valence-electron chi connectivity index (χ2n) is 10.2. The van der Waals surface area contributed by atoms with E-state index in [0.29, 0.717) is 53.3 Å². The molecule has 0 fully saturated rings. The number of hydrogen-bond acceptors (Lipinski definition) is 6. The van der Waals surface area contributed by atoms with E-state index in [0.717, 1.165) is 16.9 Å². The van der Waals surface area contributed by atoms with Crippen LogP contribution in [0.5, 0.6) is 17.2 Å².